The van der Waals surface area contributed by atoms with E-state index in [0.717, 1.165) is 17.6 Å². The fourth-order valence-electron chi connectivity index (χ4n) is 1.08. The number of carbonyl (C=O) groups excluding carboxylic acids is 1. The van der Waals surface area contributed by atoms with Gasteiger partial charge >= 0.3 is 0 Å². The first kappa shape index (κ1) is 11.9. The summed E-state index contributed by atoms with van der Waals surface area (Å²) in [5.74, 6) is 0.122. The molecular formula is C12H18O. The van der Waals surface area contributed by atoms with Crippen LogP contribution in [0.15, 0.2) is 35.5 Å². The second-order valence-corrected chi connectivity index (χ2v) is 2.96. The average Bonchev–Trinajstić information content (AvgIpc) is 2.09. The zero-order valence-electron chi connectivity index (χ0n) is 8.92. The Morgan fingerprint density at radius 1 is 1.23 bits per heavy atom. The summed E-state index contributed by atoms with van der Waals surface area (Å²) < 4.78 is 0. The number of hydrogen-bond donors (Lipinski definition) is 0. The van der Waals surface area contributed by atoms with Crippen molar-refractivity contribution in [2.75, 3.05) is 0 Å². The highest BCUT2D eigenvalue weighted by Gasteiger charge is 2.01. The molecule has 0 aromatic heterocycles. The van der Waals surface area contributed by atoms with Gasteiger partial charge in [-0.15, -0.1) is 0 Å². The fourth-order valence-corrected chi connectivity index (χ4v) is 1.08. The minimum Gasteiger partial charge on any atom is -0.295 e. The molecule has 0 N–H and O–H groups in total. The first-order chi connectivity index (χ1) is 6.13. The monoisotopic (exact) mass is 178 g/mol. The molecule has 0 saturated carbocycles. The van der Waals surface area contributed by atoms with Crippen molar-refractivity contribution in [1.29, 1.82) is 0 Å². The first-order valence-electron chi connectivity index (χ1n) is 4.64. The Morgan fingerprint density at radius 3 is 2.23 bits per heavy atom. The lowest BCUT2D eigenvalue weighted by Crippen LogP contribution is -1.95. The smallest absolute Gasteiger partial charge is 0.160 e. The molecule has 0 atom stereocenters. The number of ketones is 1. The molecule has 0 aliphatic heterocycles. The van der Waals surface area contributed by atoms with Gasteiger partial charge in [0.25, 0.3) is 0 Å². The number of hydrogen-bond acceptors (Lipinski definition) is 1. The standard InChI is InChI=1S/C12H18O/c1-5-7-9-10(3)12(8-6-2)11(4)13/h6-9H,5H2,1-4H3/b8-6-,9-7+,12-10+. The molecule has 0 amide bonds. The summed E-state index contributed by atoms with van der Waals surface area (Å²) in [6, 6.07) is 0. The van der Waals surface area contributed by atoms with Crippen LogP contribution in [0.2, 0.25) is 0 Å². The Kier molecular flexibility index (Phi) is 5.86. The van der Waals surface area contributed by atoms with Crippen LogP contribution in [0.4, 0.5) is 0 Å². The molecule has 0 saturated heterocycles. The highest BCUT2D eigenvalue weighted by molar-refractivity contribution is 5.97. The van der Waals surface area contributed by atoms with Crippen LogP contribution in [-0.4, -0.2) is 5.78 Å². The Morgan fingerprint density at radius 2 is 1.85 bits per heavy atom. The first-order valence-corrected chi connectivity index (χ1v) is 4.64. The second kappa shape index (κ2) is 6.41. The summed E-state index contributed by atoms with van der Waals surface area (Å²) in [4.78, 5) is 11.2. The Labute approximate surface area is 80.8 Å². The van der Waals surface area contributed by atoms with Crippen molar-refractivity contribution in [2.45, 2.75) is 34.1 Å². The van der Waals surface area contributed by atoms with Gasteiger partial charge in [0.15, 0.2) is 5.78 Å². The summed E-state index contributed by atoms with van der Waals surface area (Å²) in [7, 11) is 0. The topological polar surface area (TPSA) is 17.1 Å². The fraction of sp³-hybridized carbons (Fsp3) is 0.417. The number of carbonyl (C=O) groups is 1. The van der Waals surface area contributed by atoms with Crippen molar-refractivity contribution in [1.82, 2.24) is 0 Å². The highest BCUT2D eigenvalue weighted by Crippen LogP contribution is 2.09. The highest BCUT2D eigenvalue weighted by atomic mass is 16.1. The van der Waals surface area contributed by atoms with E-state index in [-0.39, 0.29) is 5.78 Å². The minimum absolute atomic E-state index is 0.122. The normalized spacial score (nSPS) is 13.8. The third-order valence-corrected chi connectivity index (χ3v) is 1.74. The predicted octanol–water partition coefficient (Wildman–Crippen LogP) is 3.43. The van der Waals surface area contributed by atoms with Gasteiger partial charge < -0.3 is 0 Å². The zero-order valence-corrected chi connectivity index (χ0v) is 8.92. The molecule has 13 heavy (non-hydrogen) atoms. The maximum Gasteiger partial charge on any atom is 0.160 e. The number of rotatable bonds is 4. The summed E-state index contributed by atoms with van der Waals surface area (Å²) in [5, 5.41) is 0. The van der Waals surface area contributed by atoms with Crippen molar-refractivity contribution in [3.05, 3.63) is 35.5 Å². The van der Waals surface area contributed by atoms with Gasteiger partial charge in [0.1, 0.15) is 0 Å². The largest absolute Gasteiger partial charge is 0.295 e. The summed E-state index contributed by atoms with van der Waals surface area (Å²) in [5.41, 5.74) is 1.83. The van der Waals surface area contributed by atoms with Crippen LogP contribution in [0.5, 0.6) is 0 Å². The van der Waals surface area contributed by atoms with Crippen molar-refractivity contribution < 1.29 is 4.79 Å². The van der Waals surface area contributed by atoms with Gasteiger partial charge in [-0.1, -0.05) is 31.2 Å². The van der Waals surface area contributed by atoms with E-state index in [0.29, 0.717) is 0 Å². The van der Waals surface area contributed by atoms with Gasteiger partial charge in [0.2, 0.25) is 0 Å². The molecule has 72 valence electrons. The minimum atomic E-state index is 0.122. The van der Waals surface area contributed by atoms with E-state index < -0.39 is 0 Å². The molecule has 0 rings (SSSR count). The van der Waals surface area contributed by atoms with E-state index in [4.69, 9.17) is 0 Å². The maximum absolute atomic E-state index is 11.2. The van der Waals surface area contributed by atoms with E-state index in [1.54, 1.807) is 6.92 Å². The molecule has 0 aromatic rings. The average molecular weight is 178 g/mol. The van der Waals surface area contributed by atoms with Crippen molar-refractivity contribution >= 4 is 5.78 Å². The second-order valence-electron chi connectivity index (χ2n) is 2.96. The molecule has 1 nitrogen and oxygen atoms in total. The summed E-state index contributed by atoms with van der Waals surface area (Å²) in [6.07, 6.45) is 8.80. The molecule has 0 unspecified atom stereocenters. The molecule has 0 bridgehead atoms. The van der Waals surface area contributed by atoms with Crippen LogP contribution in [0, 0.1) is 0 Å². The third-order valence-electron chi connectivity index (χ3n) is 1.74. The Bertz CT molecular complexity index is 254. The third kappa shape index (κ3) is 4.46. The maximum atomic E-state index is 11.2. The van der Waals surface area contributed by atoms with Gasteiger partial charge in [0.05, 0.1) is 0 Å². The van der Waals surface area contributed by atoms with E-state index in [1.807, 2.05) is 32.1 Å². The van der Waals surface area contributed by atoms with Crippen molar-refractivity contribution in [3.63, 3.8) is 0 Å². The van der Waals surface area contributed by atoms with Gasteiger partial charge in [0, 0.05) is 5.57 Å². The van der Waals surface area contributed by atoms with E-state index >= 15 is 0 Å². The molecule has 0 aliphatic rings. The lowest BCUT2D eigenvalue weighted by molar-refractivity contribution is -0.113. The van der Waals surface area contributed by atoms with Crippen LogP contribution in [-0.2, 0) is 4.79 Å². The molecule has 0 spiro atoms. The molecule has 0 radical (unpaired) electrons. The molecule has 0 aliphatic carbocycles. The van der Waals surface area contributed by atoms with Gasteiger partial charge in [-0.05, 0) is 32.8 Å². The van der Waals surface area contributed by atoms with Crippen LogP contribution in [0.3, 0.4) is 0 Å². The summed E-state index contributed by atoms with van der Waals surface area (Å²) >= 11 is 0. The van der Waals surface area contributed by atoms with Gasteiger partial charge in [-0.3, -0.25) is 4.79 Å². The number of allylic oxidation sites excluding steroid dienone is 6. The number of Topliss-reactive ketones (excluding diaryl/α,β-unsaturated/α-hetero) is 1. The molecule has 1 heteroatoms. The summed E-state index contributed by atoms with van der Waals surface area (Å²) in [6.45, 7) is 7.55. The van der Waals surface area contributed by atoms with Crippen LogP contribution < -0.4 is 0 Å². The van der Waals surface area contributed by atoms with Crippen molar-refractivity contribution in [3.8, 4) is 0 Å². The molecule has 0 aromatic carbocycles. The van der Waals surface area contributed by atoms with E-state index in [9.17, 15) is 4.79 Å². The Balaban J connectivity index is 4.85. The van der Waals surface area contributed by atoms with Gasteiger partial charge in [-0.2, -0.15) is 0 Å². The molecule has 0 heterocycles. The van der Waals surface area contributed by atoms with E-state index in [1.165, 1.54) is 0 Å². The van der Waals surface area contributed by atoms with Crippen molar-refractivity contribution in [2.24, 2.45) is 0 Å². The van der Waals surface area contributed by atoms with Crippen LogP contribution >= 0.6 is 0 Å². The molecular weight excluding hydrogens is 160 g/mol. The predicted molar refractivity (Wildman–Crippen MR) is 57.6 cm³/mol. The molecule has 0 fully saturated rings. The SMILES string of the molecule is C\C=C/C(C(C)=O)=C(C)\C=C\CC. The quantitative estimate of drug-likeness (QED) is 0.476. The lowest BCUT2D eigenvalue weighted by Gasteiger charge is -1.99. The zero-order chi connectivity index (χ0) is 10.3. The van der Waals surface area contributed by atoms with Crippen LogP contribution in [0.1, 0.15) is 34.1 Å². The van der Waals surface area contributed by atoms with E-state index in [2.05, 4.69) is 13.0 Å². The van der Waals surface area contributed by atoms with Gasteiger partial charge in [-0.25, -0.2) is 0 Å². The Hall–Kier alpha value is -1.11. The van der Waals surface area contributed by atoms with Crippen LogP contribution in [0.25, 0.3) is 0 Å². The lowest BCUT2D eigenvalue weighted by atomic mass is 10.1.